The molecule has 2 aromatic carbocycles. The van der Waals surface area contributed by atoms with E-state index in [1.54, 1.807) is 30.3 Å². The van der Waals surface area contributed by atoms with Crippen molar-refractivity contribution in [1.29, 1.82) is 0 Å². The highest BCUT2D eigenvalue weighted by Crippen LogP contribution is 2.45. The number of anilines is 1. The number of hydrogen-bond acceptors (Lipinski definition) is 6. The van der Waals surface area contributed by atoms with Crippen molar-refractivity contribution in [1.82, 2.24) is 4.98 Å². The lowest BCUT2D eigenvalue weighted by atomic mass is 9.99. The number of halogens is 3. The van der Waals surface area contributed by atoms with Crippen molar-refractivity contribution in [3.63, 3.8) is 0 Å². The number of benzene rings is 2. The fourth-order valence-corrected chi connectivity index (χ4v) is 4.37. The zero-order chi connectivity index (χ0) is 24.2. The molecule has 1 aromatic heterocycles. The SMILES string of the molecule is COP(=O)(OC)c1cnc(N)c(-c2ccc(CC(=O)Cc3cccc(C(F)(F)F)c3)cc2)c1. The van der Waals surface area contributed by atoms with Crippen LogP contribution in [0.25, 0.3) is 11.1 Å². The molecule has 0 saturated carbocycles. The molecule has 3 aromatic rings. The highest BCUT2D eigenvalue weighted by atomic mass is 31.2. The van der Waals surface area contributed by atoms with Crippen molar-refractivity contribution in [3.05, 3.63) is 77.5 Å². The van der Waals surface area contributed by atoms with E-state index < -0.39 is 19.3 Å². The highest BCUT2D eigenvalue weighted by Gasteiger charge is 2.30. The van der Waals surface area contributed by atoms with Crippen molar-refractivity contribution in [3.8, 4) is 11.1 Å². The summed E-state index contributed by atoms with van der Waals surface area (Å²) in [5.41, 5.74) is 7.39. The normalized spacial score (nSPS) is 12.0. The van der Waals surface area contributed by atoms with Crippen LogP contribution in [-0.2, 0) is 37.4 Å². The minimum atomic E-state index is -4.46. The van der Waals surface area contributed by atoms with Crippen molar-refractivity contribution >= 4 is 24.5 Å². The lowest BCUT2D eigenvalue weighted by Crippen LogP contribution is -2.11. The summed E-state index contributed by atoms with van der Waals surface area (Å²) in [6.07, 6.45) is -3.17. The number of carbonyl (C=O) groups is 1. The number of aromatic nitrogens is 1. The molecule has 0 bridgehead atoms. The summed E-state index contributed by atoms with van der Waals surface area (Å²) in [6.45, 7) is 0. The summed E-state index contributed by atoms with van der Waals surface area (Å²) in [6, 6.07) is 13.2. The molecule has 0 amide bonds. The van der Waals surface area contributed by atoms with Gasteiger partial charge in [0.1, 0.15) is 11.6 Å². The minimum Gasteiger partial charge on any atom is -0.383 e. The molecular weight excluding hydrogens is 456 g/mol. The first-order valence-electron chi connectivity index (χ1n) is 9.80. The third kappa shape index (κ3) is 5.87. The first kappa shape index (κ1) is 24.6. The Labute approximate surface area is 189 Å². The maximum Gasteiger partial charge on any atom is 0.416 e. The van der Waals surface area contributed by atoms with E-state index >= 15 is 0 Å². The quantitative estimate of drug-likeness (QED) is 0.467. The van der Waals surface area contributed by atoms with E-state index in [1.807, 2.05) is 0 Å². The van der Waals surface area contributed by atoms with Gasteiger partial charge in [-0.3, -0.25) is 9.36 Å². The number of nitrogen functional groups attached to an aromatic ring is 1. The van der Waals surface area contributed by atoms with Crippen LogP contribution >= 0.6 is 7.60 Å². The monoisotopic (exact) mass is 478 g/mol. The summed E-state index contributed by atoms with van der Waals surface area (Å²) in [5.74, 6) is -0.00254. The fourth-order valence-electron chi connectivity index (χ4n) is 3.31. The highest BCUT2D eigenvalue weighted by molar-refractivity contribution is 7.62. The Hall–Kier alpha value is -3.00. The van der Waals surface area contributed by atoms with Gasteiger partial charge in [-0.2, -0.15) is 13.2 Å². The molecule has 0 aliphatic heterocycles. The van der Waals surface area contributed by atoms with Crippen LogP contribution in [0.2, 0.25) is 0 Å². The van der Waals surface area contributed by atoms with E-state index in [9.17, 15) is 22.5 Å². The lowest BCUT2D eigenvalue weighted by Gasteiger charge is -2.15. The van der Waals surface area contributed by atoms with Crippen LogP contribution in [0.1, 0.15) is 16.7 Å². The van der Waals surface area contributed by atoms with Crippen molar-refractivity contribution in [2.75, 3.05) is 20.0 Å². The second-order valence-corrected chi connectivity index (χ2v) is 9.52. The number of ketones is 1. The molecular formula is C23H22F3N2O4P. The Balaban J connectivity index is 1.75. The molecule has 6 nitrogen and oxygen atoms in total. The van der Waals surface area contributed by atoms with Crippen LogP contribution in [0.3, 0.4) is 0 Å². The van der Waals surface area contributed by atoms with Crippen LogP contribution < -0.4 is 11.0 Å². The predicted molar refractivity (Wildman–Crippen MR) is 119 cm³/mol. The zero-order valence-electron chi connectivity index (χ0n) is 17.9. The van der Waals surface area contributed by atoms with E-state index in [-0.39, 0.29) is 29.7 Å². The summed E-state index contributed by atoms with van der Waals surface area (Å²) in [5, 5.41) is 0.247. The molecule has 0 aliphatic carbocycles. The van der Waals surface area contributed by atoms with Crippen LogP contribution in [-0.4, -0.2) is 25.0 Å². The number of rotatable bonds is 8. The molecule has 0 aliphatic rings. The van der Waals surface area contributed by atoms with Crippen LogP contribution in [0.15, 0.2) is 60.8 Å². The van der Waals surface area contributed by atoms with E-state index in [0.29, 0.717) is 22.3 Å². The van der Waals surface area contributed by atoms with Gasteiger partial charge in [-0.15, -0.1) is 0 Å². The fraction of sp³-hybridized carbons (Fsp3) is 0.217. The van der Waals surface area contributed by atoms with Crippen LogP contribution in [0.4, 0.5) is 19.0 Å². The Kier molecular flexibility index (Phi) is 7.37. The van der Waals surface area contributed by atoms with Gasteiger partial charge in [0.25, 0.3) is 0 Å². The number of alkyl halides is 3. The molecule has 174 valence electrons. The summed E-state index contributed by atoms with van der Waals surface area (Å²) in [4.78, 5) is 16.5. The van der Waals surface area contributed by atoms with Crippen LogP contribution in [0, 0.1) is 0 Å². The van der Waals surface area contributed by atoms with Crippen molar-refractivity contribution < 1.29 is 31.6 Å². The minimum absolute atomic E-state index is 0.0623. The van der Waals surface area contributed by atoms with Crippen molar-refractivity contribution in [2.24, 2.45) is 0 Å². The van der Waals surface area contributed by atoms with Gasteiger partial charge < -0.3 is 14.8 Å². The standard InChI is InChI=1S/C23H22F3N2O4P/c1-31-33(30,32-2)20-13-21(22(27)28-14-20)17-8-6-15(7-9-17)11-19(29)12-16-4-3-5-18(10-16)23(24,25)26/h3-10,13-14H,11-12H2,1-2H3,(H2,27,28). The summed E-state index contributed by atoms with van der Waals surface area (Å²) >= 11 is 0. The van der Waals surface area contributed by atoms with Gasteiger partial charge in [0.05, 0.1) is 10.9 Å². The first-order valence-corrected chi connectivity index (χ1v) is 11.3. The number of hydrogen-bond donors (Lipinski definition) is 1. The van der Waals surface area contributed by atoms with E-state index in [0.717, 1.165) is 12.1 Å². The van der Waals surface area contributed by atoms with E-state index in [1.165, 1.54) is 32.5 Å². The molecule has 1 heterocycles. The smallest absolute Gasteiger partial charge is 0.383 e. The van der Waals surface area contributed by atoms with Gasteiger partial charge in [0.2, 0.25) is 0 Å². The average molecular weight is 478 g/mol. The van der Waals surface area contributed by atoms with E-state index in [4.69, 9.17) is 14.8 Å². The molecule has 33 heavy (non-hydrogen) atoms. The summed E-state index contributed by atoms with van der Waals surface area (Å²) < 4.78 is 61.2. The third-order valence-corrected chi connectivity index (χ3v) is 6.86. The molecule has 0 fully saturated rings. The second-order valence-electron chi connectivity index (χ2n) is 7.28. The third-order valence-electron chi connectivity index (χ3n) is 5.02. The Bertz CT molecular complexity index is 1190. The van der Waals surface area contributed by atoms with Gasteiger partial charge >= 0.3 is 13.8 Å². The maximum atomic E-state index is 12.9. The number of nitrogens with two attached hydrogens (primary N) is 1. The Morgan fingerprint density at radius 1 is 1.00 bits per heavy atom. The molecule has 10 heteroatoms. The number of carbonyl (C=O) groups excluding carboxylic acids is 1. The lowest BCUT2D eigenvalue weighted by molar-refractivity contribution is -0.137. The average Bonchev–Trinajstić information content (AvgIpc) is 2.79. The first-order chi connectivity index (χ1) is 15.6. The number of pyridine rings is 1. The van der Waals surface area contributed by atoms with Gasteiger partial charge in [0, 0.05) is 38.8 Å². The zero-order valence-corrected chi connectivity index (χ0v) is 18.8. The largest absolute Gasteiger partial charge is 0.416 e. The van der Waals surface area contributed by atoms with Gasteiger partial charge in [-0.1, -0.05) is 42.5 Å². The van der Waals surface area contributed by atoms with Gasteiger partial charge in [-0.05, 0) is 28.8 Å². The Morgan fingerprint density at radius 2 is 1.64 bits per heavy atom. The summed E-state index contributed by atoms with van der Waals surface area (Å²) in [7, 11) is -0.971. The maximum absolute atomic E-state index is 12.9. The number of nitrogens with zero attached hydrogens (tertiary/aromatic N) is 1. The molecule has 0 saturated heterocycles. The van der Waals surface area contributed by atoms with Gasteiger partial charge in [0.15, 0.2) is 0 Å². The van der Waals surface area contributed by atoms with Gasteiger partial charge in [-0.25, -0.2) is 4.98 Å². The molecule has 0 atom stereocenters. The van der Waals surface area contributed by atoms with Crippen LogP contribution in [0.5, 0.6) is 0 Å². The number of Topliss-reactive ketones (excluding diaryl/α,β-unsaturated/α-hetero) is 1. The van der Waals surface area contributed by atoms with E-state index in [2.05, 4.69) is 4.98 Å². The molecule has 3 rings (SSSR count). The second kappa shape index (κ2) is 9.87. The predicted octanol–water partition coefficient (Wildman–Crippen LogP) is 4.82. The molecule has 2 N–H and O–H groups in total. The topological polar surface area (TPSA) is 91.5 Å². The Morgan fingerprint density at radius 3 is 2.24 bits per heavy atom. The van der Waals surface area contributed by atoms with Crippen molar-refractivity contribution in [2.45, 2.75) is 19.0 Å². The molecule has 0 spiro atoms. The molecule has 0 unspecified atom stereocenters. The molecule has 0 radical (unpaired) electrons.